The van der Waals surface area contributed by atoms with Gasteiger partial charge in [0, 0.05) is 32.6 Å². The van der Waals surface area contributed by atoms with Crippen LogP contribution in [0.4, 0.5) is 0 Å². The van der Waals surface area contributed by atoms with Crippen LogP contribution in [-0.4, -0.2) is 52.4 Å². The number of rotatable bonds is 4. The molecule has 0 aromatic carbocycles. The quantitative estimate of drug-likeness (QED) is 0.736. The largest absolute Gasteiger partial charge is 0.321 e. The highest BCUT2D eigenvalue weighted by atomic mass is 15.3. The lowest BCUT2D eigenvalue weighted by Crippen LogP contribution is -2.30. The van der Waals surface area contributed by atoms with E-state index in [4.69, 9.17) is 0 Å². The highest BCUT2D eigenvalue weighted by molar-refractivity contribution is 4.87. The number of hydrogen-bond donors (Lipinski definition) is 1. The number of likely N-dealkylation sites (N-methyl/N-ethyl adjacent to an activating group) is 1. The minimum atomic E-state index is 0.671. The van der Waals surface area contributed by atoms with Gasteiger partial charge in [-0.25, -0.2) is 0 Å². The van der Waals surface area contributed by atoms with E-state index in [0.29, 0.717) is 6.04 Å². The van der Waals surface area contributed by atoms with Crippen LogP contribution in [0.25, 0.3) is 0 Å². The summed E-state index contributed by atoms with van der Waals surface area (Å²) in [4.78, 5) is 2.48. The summed E-state index contributed by atoms with van der Waals surface area (Å²) < 4.78 is 1.99. The van der Waals surface area contributed by atoms with Crippen molar-refractivity contribution in [3.63, 3.8) is 0 Å². The van der Waals surface area contributed by atoms with Crippen molar-refractivity contribution in [2.75, 3.05) is 26.7 Å². The second kappa shape index (κ2) is 4.72. The Balaban J connectivity index is 1.77. The molecule has 1 aromatic rings. The number of aromatic nitrogens is 3. The zero-order valence-electron chi connectivity index (χ0n) is 9.48. The molecule has 5 nitrogen and oxygen atoms in total. The fourth-order valence-corrected chi connectivity index (χ4v) is 2.06. The first-order valence-electron chi connectivity index (χ1n) is 5.52. The van der Waals surface area contributed by atoms with E-state index < -0.39 is 0 Å². The van der Waals surface area contributed by atoms with Crippen molar-refractivity contribution in [1.29, 1.82) is 0 Å². The molecule has 0 saturated carbocycles. The summed E-state index contributed by atoms with van der Waals surface area (Å²) in [6.07, 6.45) is 4.01. The van der Waals surface area contributed by atoms with E-state index >= 15 is 0 Å². The lowest BCUT2D eigenvalue weighted by atomic mass is 10.3. The SMILES string of the molecule is CNC1CCN(CCc2nncn2C)C1. The Morgan fingerprint density at radius 3 is 3.07 bits per heavy atom. The van der Waals surface area contributed by atoms with Crippen molar-refractivity contribution >= 4 is 0 Å². The van der Waals surface area contributed by atoms with E-state index in [1.807, 2.05) is 18.7 Å². The molecule has 2 rings (SSSR count). The van der Waals surface area contributed by atoms with Crippen molar-refractivity contribution < 1.29 is 0 Å². The van der Waals surface area contributed by atoms with Gasteiger partial charge in [-0.05, 0) is 20.0 Å². The van der Waals surface area contributed by atoms with Crippen molar-refractivity contribution in [3.8, 4) is 0 Å². The van der Waals surface area contributed by atoms with Crippen LogP contribution in [0.2, 0.25) is 0 Å². The molecule has 0 amide bonds. The molecule has 1 aromatic heterocycles. The van der Waals surface area contributed by atoms with E-state index in [1.54, 1.807) is 6.33 Å². The van der Waals surface area contributed by atoms with Crippen LogP contribution in [0.1, 0.15) is 12.2 Å². The summed E-state index contributed by atoms with van der Waals surface area (Å²) in [6, 6.07) is 0.671. The molecule has 1 atom stereocenters. The van der Waals surface area contributed by atoms with Crippen LogP contribution < -0.4 is 5.32 Å². The molecule has 1 aliphatic rings. The van der Waals surface area contributed by atoms with Gasteiger partial charge in [0.25, 0.3) is 0 Å². The zero-order valence-corrected chi connectivity index (χ0v) is 9.48. The third-order valence-electron chi connectivity index (χ3n) is 3.14. The summed E-state index contributed by atoms with van der Waals surface area (Å²) >= 11 is 0. The van der Waals surface area contributed by atoms with Gasteiger partial charge >= 0.3 is 0 Å². The van der Waals surface area contributed by atoms with Gasteiger partial charge in [0.1, 0.15) is 12.2 Å². The maximum atomic E-state index is 4.09. The monoisotopic (exact) mass is 209 g/mol. The molecule has 1 fully saturated rings. The average molecular weight is 209 g/mol. The van der Waals surface area contributed by atoms with Crippen molar-refractivity contribution in [2.24, 2.45) is 7.05 Å². The Bertz CT molecular complexity index is 309. The van der Waals surface area contributed by atoms with Crippen LogP contribution in [-0.2, 0) is 13.5 Å². The summed E-state index contributed by atoms with van der Waals surface area (Å²) in [6.45, 7) is 3.45. The van der Waals surface area contributed by atoms with Gasteiger partial charge in [0.2, 0.25) is 0 Å². The van der Waals surface area contributed by atoms with E-state index in [0.717, 1.165) is 25.3 Å². The molecule has 15 heavy (non-hydrogen) atoms. The zero-order chi connectivity index (χ0) is 10.7. The number of likely N-dealkylation sites (tertiary alicyclic amines) is 1. The summed E-state index contributed by atoms with van der Waals surface area (Å²) in [7, 11) is 4.03. The molecule has 1 aliphatic heterocycles. The number of nitrogens with zero attached hydrogens (tertiary/aromatic N) is 4. The second-order valence-corrected chi connectivity index (χ2v) is 4.18. The molecular weight excluding hydrogens is 190 g/mol. The molecular formula is C10H19N5. The fraction of sp³-hybridized carbons (Fsp3) is 0.800. The lowest BCUT2D eigenvalue weighted by Gasteiger charge is -2.15. The van der Waals surface area contributed by atoms with Crippen LogP contribution in [0.3, 0.4) is 0 Å². The van der Waals surface area contributed by atoms with Crippen molar-refractivity contribution in [1.82, 2.24) is 25.0 Å². The third kappa shape index (κ3) is 2.54. The molecule has 0 bridgehead atoms. The molecule has 1 unspecified atom stereocenters. The highest BCUT2D eigenvalue weighted by Gasteiger charge is 2.20. The highest BCUT2D eigenvalue weighted by Crippen LogP contribution is 2.09. The predicted molar refractivity (Wildman–Crippen MR) is 58.6 cm³/mol. The van der Waals surface area contributed by atoms with Gasteiger partial charge in [0.15, 0.2) is 0 Å². The van der Waals surface area contributed by atoms with Gasteiger partial charge in [0.05, 0.1) is 0 Å². The van der Waals surface area contributed by atoms with Crippen LogP contribution in [0.15, 0.2) is 6.33 Å². The minimum Gasteiger partial charge on any atom is -0.321 e. The summed E-state index contributed by atoms with van der Waals surface area (Å²) in [5, 5.41) is 11.3. The number of hydrogen-bond acceptors (Lipinski definition) is 4. The van der Waals surface area contributed by atoms with Crippen LogP contribution in [0, 0.1) is 0 Å². The normalized spacial score (nSPS) is 22.4. The van der Waals surface area contributed by atoms with Gasteiger partial charge in [-0.1, -0.05) is 0 Å². The maximum absolute atomic E-state index is 4.09. The van der Waals surface area contributed by atoms with Crippen molar-refractivity contribution in [2.45, 2.75) is 18.9 Å². The second-order valence-electron chi connectivity index (χ2n) is 4.18. The summed E-state index contributed by atoms with van der Waals surface area (Å²) in [5.74, 6) is 1.07. The number of nitrogens with one attached hydrogen (secondary N) is 1. The molecule has 1 saturated heterocycles. The first-order valence-corrected chi connectivity index (χ1v) is 5.52. The topological polar surface area (TPSA) is 46.0 Å². The lowest BCUT2D eigenvalue weighted by molar-refractivity contribution is 0.330. The summed E-state index contributed by atoms with van der Waals surface area (Å²) in [5.41, 5.74) is 0. The maximum Gasteiger partial charge on any atom is 0.133 e. The number of aryl methyl sites for hydroxylation is 1. The fourth-order valence-electron chi connectivity index (χ4n) is 2.06. The first kappa shape index (κ1) is 10.6. The Labute approximate surface area is 90.5 Å². The van der Waals surface area contributed by atoms with Crippen LogP contribution in [0.5, 0.6) is 0 Å². The van der Waals surface area contributed by atoms with Gasteiger partial charge in [-0.15, -0.1) is 10.2 Å². The Morgan fingerprint density at radius 1 is 1.60 bits per heavy atom. The predicted octanol–water partition coefficient (Wildman–Crippen LogP) is -0.349. The Morgan fingerprint density at radius 2 is 2.47 bits per heavy atom. The molecule has 0 spiro atoms. The van der Waals surface area contributed by atoms with Gasteiger partial charge in [-0.3, -0.25) is 0 Å². The molecule has 84 valence electrons. The molecule has 2 heterocycles. The first-order chi connectivity index (χ1) is 7.29. The van der Waals surface area contributed by atoms with Crippen LogP contribution >= 0.6 is 0 Å². The third-order valence-corrected chi connectivity index (χ3v) is 3.14. The Kier molecular flexibility index (Phi) is 3.33. The molecule has 1 N–H and O–H groups in total. The standard InChI is InChI=1S/C10H19N5/c1-11-9-3-5-15(7-9)6-4-10-13-12-8-14(10)2/h8-9,11H,3-7H2,1-2H3. The Hall–Kier alpha value is -0.940. The minimum absolute atomic E-state index is 0.671. The smallest absolute Gasteiger partial charge is 0.133 e. The van der Waals surface area contributed by atoms with Gasteiger partial charge in [-0.2, -0.15) is 0 Å². The molecule has 5 heteroatoms. The van der Waals surface area contributed by atoms with Gasteiger partial charge < -0.3 is 14.8 Å². The van der Waals surface area contributed by atoms with E-state index in [-0.39, 0.29) is 0 Å². The van der Waals surface area contributed by atoms with E-state index in [9.17, 15) is 0 Å². The molecule has 0 radical (unpaired) electrons. The van der Waals surface area contributed by atoms with E-state index in [1.165, 1.54) is 13.0 Å². The average Bonchev–Trinajstić information content (AvgIpc) is 2.84. The molecule has 0 aliphatic carbocycles. The van der Waals surface area contributed by atoms with Crippen molar-refractivity contribution in [3.05, 3.63) is 12.2 Å². The van der Waals surface area contributed by atoms with E-state index in [2.05, 4.69) is 20.4 Å².